The van der Waals surface area contributed by atoms with Crippen molar-refractivity contribution in [3.8, 4) is 0 Å². The van der Waals surface area contributed by atoms with Crippen molar-refractivity contribution in [1.29, 1.82) is 0 Å². The van der Waals surface area contributed by atoms with Crippen LogP contribution in [-0.2, 0) is 20.9 Å². The van der Waals surface area contributed by atoms with E-state index in [9.17, 15) is 14.4 Å². The zero-order chi connectivity index (χ0) is 21.1. The van der Waals surface area contributed by atoms with Crippen LogP contribution in [0, 0.1) is 6.92 Å². The number of carbonyl (C=O) groups excluding carboxylic acids is 3. The third kappa shape index (κ3) is 4.11. The predicted molar refractivity (Wildman–Crippen MR) is 113 cm³/mol. The molecule has 1 aliphatic heterocycles. The van der Waals surface area contributed by atoms with Crippen LogP contribution >= 0.6 is 0 Å². The lowest BCUT2D eigenvalue weighted by molar-refractivity contribution is -0.130. The molecular formula is C23H23N3O4. The maximum Gasteiger partial charge on any atom is 0.295 e. The maximum atomic E-state index is 12.9. The minimum atomic E-state index is -0.564. The van der Waals surface area contributed by atoms with Crippen LogP contribution in [0.3, 0.4) is 0 Å². The van der Waals surface area contributed by atoms with Gasteiger partial charge in [0, 0.05) is 35.9 Å². The number of nitrogens with zero attached hydrogens (tertiary/aromatic N) is 2. The van der Waals surface area contributed by atoms with Gasteiger partial charge in [-0.2, -0.15) is 0 Å². The van der Waals surface area contributed by atoms with E-state index in [1.807, 2.05) is 49.4 Å². The number of para-hydroxylation sites is 1. The molecule has 1 saturated heterocycles. The van der Waals surface area contributed by atoms with Crippen LogP contribution in [0.2, 0.25) is 0 Å². The number of hydrogen-bond acceptors (Lipinski definition) is 4. The number of rotatable bonds is 5. The number of carbonyl (C=O) groups is 3. The quantitative estimate of drug-likeness (QED) is 0.523. The molecular weight excluding hydrogens is 382 g/mol. The minimum Gasteiger partial charge on any atom is -0.378 e. The van der Waals surface area contributed by atoms with E-state index in [0.717, 1.165) is 16.8 Å². The third-order valence-corrected chi connectivity index (χ3v) is 5.14. The number of benzene rings is 2. The first-order valence-electron chi connectivity index (χ1n) is 9.88. The van der Waals surface area contributed by atoms with Crippen LogP contribution in [0.5, 0.6) is 0 Å². The third-order valence-electron chi connectivity index (χ3n) is 5.14. The van der Waals surface area contributed by atoms with E-state index in [0.29, 0.717) is 37.3 Å². The Morgan fingerprint density at radius 1 is 1.03 bits per heavy atom. The van der Waals surface area contributed by atoms with Crippen molar-refractivity contribution in [3.05, 3.63) is 65.9 Å². The second kappa shape index (κ2) is 8.51. The van der Waals surface area contributed by atoms with Gasteiger partial charge in [-0.15, -0.1) is 0 Å². The van der Waals surface area contributed by atoms with E-state index in [-0.39, 0.29) is 12.5 Å². The largest absolute Gasteiger partial charge is 0.378 e. The molecule has 0 unspecified atom stereocenters. The lowest BCUT2D eigenvalue weighted by Crippen LogP contribution is -2.44. The molecule has 0 aliphatic carbocycles. The average molecular weight is 405 g/mol. The molecule has 7 nitrogen and oxygen atoms in total. The Labute approximate surface area is 174 Å². The fourth-order valence-electron chi connectivity index (χ4n) is 3.66. The van der Waals surface area contributed by atoms with Crippen LogP contribution in [-0.4, -0.2) is 53.4 Å². The van der Waals surface area contributed by atoms with Crippen LogP contribution in [0.25, 0.3) is 10.9 Å². The van der Waals surface area contributed by atoms with Crippen molar-refractivity contribution in [2.75, 3.05) is 31.6 Å². The topological polar surface area (TPSA) is 80.6 Å². The number of Topliss-reactive ketones (excluding diaryl/α,β-unsaturated/α-hetero) is 1. The van der Waals surface area contributed by atoms with Gasteiger partial charge < -0.3 is 19.5 Å². The number of aryl methyl sites for hydroxylation is 1. The van der Waals surface area contributed by atoms with Crippen LogP contribution in [0.15, 0.2) is 54.7 Å². The molecule has 30 heavy (non-hydrogen) atoms. The standard InChI is InChI=1S/C23H23N3O4/c1-16-5-4-6-17(13-16)24-21(27)15-26-14-19(18-7-2-3-8-20(18)26)22(28)23(29)25-9-11-30-12-10-25/h2-8,13-14H,9-12,15H2,1H3,(H,24,27). The smallest absolute Gasteiger partial charge is 0.295 e. The molecule has 4 rings (SSSR count). The summed E-state index contributed by atoms with van der Waals surface area (Å²) >= 11 is 0. The molecule has 1 aromatic heterocycles. The van der Waals surface area contributed by atoms with Gasteiger partial charge in [-0.05, 0) is 30.7 Å². The van der Waals surface area contributed by atoms with E-state index in [2.05, 4.69) is 5.32 Å². The van der Waals surface area contributed by atoms with E-state index in [1.165, 1.54) is 4.90 Å². The maximum absolute atomic E-state index is 12.9. The Balaban J connectivity index is 1.58. The van der Waals surface area contributed by atoms with E-state index >= 15 is 0 Å². The van der Waals surface area contributed by atoms with Gasteiger partial charge in [0.25, 0.3) is 11.7 Å². The van der Waals surface area contributed by atoms with Crippen LogP contribution in [0.1, 0.15) is 15.9 Å². The predicted octanol–water partition coefficient (Wildman–Crippen LogP) is 2.63. The Morgan fingerprint density at radius 3 is 2.57 bits per heavy atom. The molecule has 0 bridgehead atoms. The molecule has 154 valence electrons. The Hall–Kier alpha value is -3.45. The van der Waals surface area contributed by atoms with Crippen LogP contribution in [0.4, 0.5) is 5.69 Å². The van der Waals surface area contributed by atoms with Crippen molar-refractivity contribution < 1.29 is 19.1 Å². The first kappa shape index (κ1) is 19.8. The van der Waals surface area contributed by atoms with E-state index in [1.54, 1.807) is 16.8 Å². The van der Waals surface area contributed by atoms with Crippen LogP contribution < -0.4 is 5.32 Å². The molecule has 0 spiro atoms. The minimum absolute atomic E-state index is 0.0352. The highest BCUT2D eigenvalue weighted by molar-refractivity contribution is 6.44. The van der Waals surface area contributed by atoms with Gasteiger partial charge in [0.2, 0.25) is 5.91 Å². The highest BCUT2D eigenvalue weighted by atomic mass is 16.5. The van der Waals surface area contributed by atoms with Gasteiger partial charge in [0.15, 0.2) is 0 Å². The first-order chi connectivity index (χ1) is 14.5. The molecule has 2 amide bonds. The number of amides is 2. The van der Waals surface area contributed by atoms with Gasteiger partial charge in [-0.1, -0.05) is 30.3 Å². The number of ether oxygens (including phenoxy) is 1. The van der Waals surface area contributed by atoms with Crippen molar-refractivity contribution >= 4 is 34.2 Å². The Kier molecular flexibility index (Phi) is 5.63. The number of anilines is 1. The molecule has 1 N–H and O–H groups in total. The molecule has 0 saturated carbocycles. The fraction of sp³-hybridized carbons (Fsp3) is 0.261. The molecule has 1 aliphatic rings. The van der Waals surface area contributed by atoms with Gasteiger partial charge in [0.05, 0.1) is 18.8 Å². The number of aromatic nitrogens is 1. The van der Waals surface area contributed by atoms with Crippen molar-refractivity contribution in [3.63, 3.8) is 0 Å². The summed E-state index contributed by atoms with van der Waals surface area (Å²) in [6, 6.07) is 14.8. The van der Waals surface area contributed by atoms with Crippen molar-refractivity contribution in [2.24, 2.45) is 0 Å². The SMILES string of the molecule is Cc1cccc(NC(=O)Cn2cc(C(=O)C(=O)N3CCOCC3)c3ccccc32)c1. The molecule has 1 fully saturated rings. The summed E-state index contributed by atoms with van der Waals surface area (Å²) in [5, 5.41) is 3.53. The number of fused-ring (bicyclic) bond motifs is 1. The van der Waals surface area contributed by atoms with Crippen molar-refractivity contribution in [1.82, 2.24) is 9.47 Å². The molecule has 0 atom stereocenters. The van der Waals surface area contributed by atoms with Crippen molar-refractivity contribution in [2.45, 2.75) is 13.5 Å². The summed E-state index contributed by atoms with van der Waals surface area (Å²) in [5.74, 6) is -1.31. The first-order valence-corrected chi connectivity index (χ1v) is 9.88. The Morgan fingerprint density at radius 2 is 1.80 bits per heavy atom. The summed E-state index contributed by atoms with van der Waals surface area (Å²) in [6.07, 6.45) is 1.60. The van der Waals surface area contributed by atoms with Gasteiger partial charge in [-0.3, -0.25) is 14.4 Å². The highest BCUT2D eigenvalue weighted by Gasteiger charge is 2.27. The second-order valence-electron chi connectivity index (χ2n) is 7.34. The summed E-state index contributed by atoms with van der Waals surface area (Å²) in [6.45, 7) is 3.66. The molecule has 2 aromatic carbocycles. The number of hydrogen-bond donors (Lipinski definition) is 1. The average Bonchev–Trinajstić information content (AvgIpc) is 3.11. The summed E-state index contributed by atoms with van der Waals surface area (Å²) in [7, 11) is 0. The van der Waals surface area contributed by atoms with Gasteiger partial charge >= 0.3 is 0 Å². The molecule has 2 heterocycles. The lowest BCUT2D eigenvalue weighted by atomic mass is 10.1. The zero-order valence-corrected chi connectivity index (χ0v) is 16.8. The Bertz CT molecular complexity index is 1110. The molecule has 7 heteroatoms. The summed E-state index contributed by atoms with van der Waals surface area (Å²) in [5.41, 5.74) is 2.81. The fourth-order valence-corrected chi connectivity index (χ4v) is 3.66. The lowest BCUT2D eigenvalue weighted by Gasteiger charge is -2.25. The monoisotopic (exact) mass is 405 g/mol. The highest BCUT2D eigenvalue weighted by Crippen LogP contribution is 2.23. The van der Waals surface area contributed by atoms with Gasteiger partial charge in [-0.25, -0.2) is 0 Å². The number of nitrogens with one attached hydrogen (secondary N) is 1. The summed E-state index contributed by atoms with van der Waals surface area (Å²) in [4.78, 5) is 39.7. The molecule has 3 aromatic rings. The summed E-state index contributed by atoms with van der Waals surface area (Å²) < 4.78 is 6.96. The normalized spacial score (nSPS) is 14.0. The van der Waals surface area contributed by atoms with Gasteiger partial charge in [0.1, 0.15) is 6.54 Å². The van der Waals surface area contributed by atoms with E-state index in [4.69, 9.17) is 4.74 Å². The molecule has 0 radical (unpaired) electrons. The second-order valence-corrected chi connectivity index (χ2v) is 7.34. The number of ketones is 1. The zero-order valence-electron chi connectivity index (χ0n) is 16.8. The van der Waals surface area contributed by atoms with E-state index < -0.39 is 11.7 Å². The number of morpholine rings is 1.